The van der Waals surface area contributed by atoms with Gasteiger partial charge in [-0.25, -0.2) is 0 Å². The van der Waals surface area contributed by atoms with Crippen LogP contribution in [0.25, 0.3) is 0 Å². The van der Waals surface area contributed by atoms with Crippen LogP contribution in [0.5, 0.6) is 0 Å². The number of nitro groups is 1. The van der Waals surface area contributed by atoms with Crippen LogP contribution < -0.4 is 11.1 Å². The number of anilines is 2. The number of carbonyl (C=O) groups excluding carboxylic acids is 1. The molecule has 0 aliphatic heterocycles. The Hall–Kier alpha value is -2.89. The van der Waals surface area contributed by atoms with Crippen LogP contribution in [0.1, 0.15) is 15.9 Å². The van der Waals surface area contributed by atoms with E-state index in [1.807, 2.05) is 0 Å². The fourth-order valence-electron chi connectivity index (χ4n) is 1.80. The Morgan fingerprint density at radius 1 is 1.25 bits per heavy atom. The summed E-state index contributed by atoms with van der Waals surface area (Å²) < 4.78 is 0. The third kappa shape index (κ3) is 2.74. The van der Waals surface area contributed by atoms with Crippen LogP contribution in [0.3, 0.4) is 0 Å². The van der Waals surface area contributed by atoms with Gasteiger partial charge in [-0.3, -0.25) is 14.9 Å². The number of aryl methyl sites for hydroxylation is 1. The molecule has 6 heteroatoms. The molecule has 3 N–H and O–H groups in total. The highest BCUT2D eigenvalue weighted by molar-refractivity contribution is 6.05. The number of amides is 1. The van der Waals surface area contributed by atoms with Crippen molar-refractivity contribution < 1.29 is 9.72 Å². The first-order valence-electron chi connectivity index (χ1n) is 5.90. The Labute approximate surface area is 115 Å². The molecule has 1 amide bonds. The molecule has 102 valence electrons. The lowest BCUT2D eigenvalue weighted by molar-refractivity contribution is -0.383. The van der Waals surface area contributed by atoms with Gasteiger partial charge in [0.1, 0.15) is 5.69 Å². The standard InChI is InChI=1S/C14H13N3O3/c1-9-7-11(15)13(17(19)20)8-12(9)16-14(18)10-5-3-2-4-6-10/h2-8H,15H2,1H3,(H,16,18). The molecule has 0 aromatic heterocycles. The fraction of sp³-hybridized carbons (Fsp3) is 0.0714. The number of nitrogen functional groups attached to an aromatic ring is 1. The van der Waals surface area contributed by atoms with Gasteiger partial charge in [0.15, 0.2) is 0 Å². The van der Waals surface area contributed by atoms with E-state index in [4.69, 9.17) is 5.73 Å². The topological polar surface area (TPSA) is 98.3 Å². The fourth-order valence-corrected chi connectivity index (χ4v) is 1.80. The zero-order chi connectivity index (χ0) is 14.7. The molecular weight excluding hydrogens is 258 g/mol. The maximum absolute atomic E-state index is 12.0. The van der Waals surface area contributed by atoms with Gasteiger partial charge >= 0.3 is 0 Å². The Kier molecular flexibility index (Phi) is 3.65. The van der Waals surface area contributed by atoms with Gasteiger partial charge in [-0.1, -0.05) is 18.2 Å². The minimum absolute atomic E-state index is 0.0743. The first kappa shape index (κ1) is 13.5. The van der Waals surface area contributed by atoms with Crippen molar-refractivity contribution in [2.45, 2.75) is 6.92 Å². The summed E-state index contributed by atoms with van der Waals surface area (Å²) in [7, 11) is 0. The molecule has 2 rings (SSSR count). The average Bonchev–Trinajstić information content (AvgIpc) is 2.42. The Morgan fingerprint density at radius 2 is 1.90 bits per heavy atom. The molecule has 2 aromatic carbocycles. The highest BCUT2D eigenvalue weighted by Gasteiger charge is 2.16. The van der Waals surface area contributed by atoms with Crippen molar-refractivity contribution in [3.8, 4) is 0 Å². The first-order valence-corrected chi connectivity index (χ1v) is 5.90. The van der Waals surface area contributed by atoms with E-state index in [-0.39, 0.29) is 17.3 Å². The predicted octanol–water partition coefficient (Wildman–Crippen LogP) is 2.74. The van der Waals surface area contributed by atoms with Gasteiger partial charge in [-0.05, 0) is 30.7 Å². The number of hydrogen-bond donors (Lipinski definition) is 2. The summed E-state index contributed by atoms with van der Waals surface area (Å²) in [5.74, 6) is -0.326. The van der Waals surface area contributed by atoms with Gasteiger partial charge in [-0.15, -0.1) is 0 Å². The second-order valence-corrected chi connectivity index (χ2v) is 4.30. The lowest BCUT2D eigenvalue weighted by atomic mass is 10.1. The highest BCUT2D eigenvalue weighted by Crippen LogP contribution is 2.28. The quantitative estimate of drug-likeness (QED) is 0.509. The summed E-state index contributed by atoms with van der Waals surface area (Å²) in [6.07, 6.45) is 0. The van der Waals surface area contributed by atoms with Gasteiger partial charge < -0.3 is 11.1 Å². The maximum atomic E-state index is 12.0. The molecule has 0 fully saturated rings. The van der Waals surface area contributed by atoms with Crippen molar-refractivity contribution in [2.24, 2.45) is 0 Å². The Bertz CT molecular complexity index is 669. The predicted molar refractivity (Wildman–Crippen MR) is 76.6 cm³/mol. The van der Waals surface area contributed by atoms with Gasteiger partial charge in [0, 0.05) is 11.6 Å². The second kappa shape index (κ2) is 5.40. The van der Waals surface area contributed by atoms with E-state index in [1.165, 1.54) is 12.1 Å². The maximum Gasteiger partial charge on any atom is 0.294 e. The minimum Gasteiger partial charge on any atom is -0.393 e. The van der Waals surface area contributed by atoms with E-state index in [0.717, 1.165) is 0 Å². The molecule has 0 spiro atoms. The van der Waals surface area contributed by atoms with Crippen LogP contribution >= 0.6 is 0 Å². The van der Waals surface area contributed by atoms with Crippen molar-refractivity contribution in [2.75, 3.05) is 11.1 Å². The van der Waals surface area contributed by atoms with Gasteiger partial charge in [-0.2, -0.15) is 0 Å². The van der Waals surface area contributed by atoms with E-state index < -0.39 is 4.92 Å². The van der Waals surface area contributed by atoms with Crippen molar-refractivity contribution in [3.63, 3.8) is 0 Å². The largest absolute Gasteiger partial charge is 0.393 e. The SMILES string of the molecule is Cc1cc(N)c([N+](=O)[O-])cc1NC(=O)c1ccccc1. The smallest absolute Gasteiger partial charge is 0.294 e. The normalized spacial score (nSPS) is 10.1. The van der Waals surface area contributed by atoms with Crippen molar-refractivity contribution in [3.05, 3.63) is 63.7 Å². The molecular formula is C14H13N3O3. The van der Waals surface area contributed by atoms with E-state index in [1.54, 1.807) is 37.3 Å². The van der Waals surface area contributed by atoms with E-state index >= 15 is 0 Å². The van der Waals surface area contributed by atoms with Crippen molar-refractivity contribution in [1.29, 1.82) is 0 Å². The second-order valence-electron chi connectivity index (χ2n) is 4.30. The van der Waals surface area contributed by atoms with E-state index in [9.17, 15) is 14.9 Å². The van der Waals surface area contributed by atoms with E-state index in [2.05, 4.69) is 5.32 Å². The van der Waals surface area contributed by atoms with Crippen molar-refractivity contribution >= 4 is 23.0 Å². The minimum atomic E-state index is -0.576. The lowest BCUT2D eigenvalue weighted by Gasteiger charge is -2.09. The zero-order valence-electron chi connectivity index (χ0n) is 10.8. The number of nitrogens with one attached hydrogen (secondary N) is 1. The molecule has 0 atom stereocenters. The van der Waals surface area contributed by atoms with Gasteiger partial charge in [0.25, 0.3) is 11.6 Å². The van der Waals surface area contributed by atoms with Crippen LogP contribution in [-0.2, 0) is 0 Å². The summed E-state index contributed by atoms with van der Waals surface area (Å²) >= 11 is 0. The number of nitrogens with two attached hydrogens (primary N) is 1. The summed E-state index contributed by atoms with van der Waals surface area (Å²) in [5, 5.41) is 13.5. The molecule has 20 heavy (non-hydrogen) atoms. The molecule has 0 radical (unpaired) electrons. The lowest BCUT2D eigenvalue weighted by Crippen LogP contribution is -2.13. The molecule has 6 nitrogen and oxygen atoms in total. The average molecular weight is 271 g/mol. The number of nitrogens with zero attached hydrogens (tertiary/aromatic N) is 1. The summed E-state index contributed by atoms with van der Waals surface area (Å²) in [4.78, 5) is 22.3. The molecule has 0 unspecified atom stereocenters. The molecule has 0 bridgehead atoms. The van der Waals surface area contributed by atoms with Gasteiger partial charge in [0.2, 0.25) is 0 Å². The zero-order valence-corrected chi connectivity index (χ0v) is 10.8. The highest BCUT2D eigenvalue weighted by atomic mass is 16.6. The van der Waals surface area contributed by atoms with Crippen LogP contribution in [0, 0.1) is 17.0 Å². The molecule has 0 aliphatic carbocycles. The number of rotatable bonds is 3. The third-order valence-electron chi connectivity index (χ3n) is 2.85. The molecule has 0 aliphatic rings. The monoisotopic (exact) mass is 271 g/mol. The van der Waals surface area contributed by atoms with Crippen LogP contribution in [0.4, 0.5) is 17.1 Å². The number of nitro benzene ring substituents is 1. The molecule has 0 saturated carbocycles. The summed E-state index contributed by atoms with van der Waals surface area (Å²) in [5.41, 5.74) is 6.95. The van der Waals surface area contributed by atoms with Crippen LogP contribution in [0.2, 0.25) is 0 Å². The Balaban J connectivity index is 2.32. The van der Waals surface area contributed by atoms with E-state index in [0.29, 0.717) is 16.8 Å². The number of benzene rings is 2. The van der Waals surface area contributed by atoms with Crippen LogP contribution in [0.15, 0.2) is 42.5 Å². The van der Waals surface area contributed by atoms with Crippen LogP contribution in [-0.4, -0.2) is 10.8 Å². The number of hydrogen-bond acceptors (Lipinski definition) is 4. The number of carbonyl (C=O) groups is 1. The molecule has 0 saturated heterocycles. The molecule has 2 aromatic rings. The third-order valence-corrected chi connectivity index (χ3v) is 2.85. The molecule has 0 heterocycles. The summed E-state index contributed by atoms with van der Waals surface area (Å²) in [6.45, 7) is 1.72. The Morgan fingerprint density at radius 3 is 2.50 bits per heavy atom. The van der Waals surface area contributed by atoms with Crippen molar-refractivity contribution in [1.82, 2.24) is 0 Å². The van der Waals surface area contributed by atoms with Gasteiger partial charge in [0.05, 0.1) is 10.6 Å². The summed E-state index contributed by atoms with van der Waals surface area (Å²) in [6, 6.07) is 11.4. The first-order chi connectivity index (χ1) is 9.49.